The molecule has 2 rings (SSSR count). The zero-order valence-electron chi connectivity index (χ0n) is 7.49. The third-order valence-electron chi connectivity index (χ3n) is 2.26. The van der Waals surface area contributed by atoms with Crippen LogP contribution in [0.5, 0.6) is 0 Å². The lowest BCUT2D eigenvalue weighted by atomic mass is 10.1. The fourth-order valence-corrected chi connectivity index (χ4v) is 1.51. The standard InChI is InChI=1S/C10H14N2O/c11-9-3-1-8(2-4-9)10-7-13-6-5-12-10/h1-4,10,12H,5-7,11H2/t10-/m1/s1. The number of nitrogen functional groups attached to an aromatic ring is 1. The molecule has 3 heteroatoms. The highest BCUT2D eigenvalue weighted by Crippen LogP contribution is 2.16. The van der Waals surface area contributed by atoms with Crippen LogP contribution in [0.3, 0.4) is 0 Å². The lowest BCUT2D eigenvalue weighted by molar-refractivity contribution is 0.0769. The van der Waals surface area contributed by atoms with E-state index in [9.17, 15) is 0 Å². The van der Waals surface area contributed by atoms with Gasteiger partial charge in [0.1, 0.15) is 0 Å². The molecule has 1 aromatic carbocycles. The molecule has 0 unspecified atom stereocenters. The van der Waals surface area contributed by atoms with Crippen molar-refractivity contribution in [2.45, 2.75) is 6.04 Å². The predicted molar refractivity (Wildman–Crippen MR) is 52.4 cm³/mol. The first kappa shape index (κ1) is 8.53. The van der Waals surface area contributed by atoms with Crippen LogP contribution in [0.15, 0.2) is 24.3 Å². The number of nitrogens with two attached hydrogens (primary N) is 1. The number of hydrogen-bond acceptors (Lipinski definition) is 3. The van der Waals surface area contributed by atoms with Crippen LogP contribution >= 0.6 is 0 Å². The van der Waals surface area contributed by atoms with Gasteiger partial charge in [-0.15, -0.1) is 0 Å². The van der Waals surface area contributed by atoms with E-state index in [2.05, 4.69) is 5.32 Å². The van der Waals surface area contributed by atoms with E-state index in [0.717, 1.165) is 25.4 Å². The molecule has 0 saturated carbocycles. The van der Waals surface area contributed by atoms with E-state index in [1.807, 2.05) is 24.3 Å². The molecule has 0 aliphatic carbocycles. The second-order valence-electron chi connectivity index (χ2n) is 3.25. The van der Waals surface area contributed by atoms with Crippen LogP contribution in [0, 0.1) is 0 Å². The number of rotatable bonds is 1. The Bertz CT molecular complexity index is 265. The van der Waals surface area contributed by atoms with E-state index in [1.165, 1.54) is 5.56 Å². The minimum absolute atomic E-state index is 0.328. The smallest absolute Gasteiger partial charge is 0.0662 e. The molecule has 1 aliphatic heterocycles. The summed E-state index contributed by atoms with van der Waals surface area (Å²) < 4.78 is 5.37. The molecule has 0 aromatic heterocycles. The number of morpholine rings is 1. The summed E-state index contributed by atoms with van der Waals surface area (Å²) in [5.41, 5.74) is 7.65. The minimum Gasteiger partial charge on any atom is -0.399 e. The van der Waals surface area contributed by atoms with Gasteiger partial charge in [-0.2, -0.15) is 0 Å². The molecule has 0 bridgehead atoms. The van der Waals surface area contributed by atoms with Crippen molar-refractivity contribution in [1.29, 1.82) is 0 Å². The molecule has 1 aromatic rings. The fraction of sp³-hybridized carbons (Fsp3) is 0.400. The molecule has 1 heterocycles. The number of hydrogen-bond donors (Lipinski definition) is 2. The third kappa shape index (κ3) is 1.99. The van der Waals surface area contributed by atoms with Gasteiger partial charge in [-0.05, 0) is 17.7 Å². The Morgan fingerprint density at radius 2 is 2.08 bits per heavy atom. The molecule has 1 aliphatic rings. The van der Waals surface area contributed by atoms with E-state index in [0.29, 0.717) is 6.04 Å². The summed E-state index contributed by atoms with van der Waals surface area (Å²) in [5, 5.41) is 3.39. The first-order chi connectivity index (χ1) is 6.36. The van der Waals surface area contributed by atoms with Gasteiger partial charge in [0.15, 0.2) is 0 Å². The highest BCUT2D eigenvalue weighted by molar-refractivity contribution is 5.40. The Hall–Kier alpha value is -1.06. The van der Waals surface area contributed by atoms with Crippen molar-refractivity contribution in [3.8, 4) is 0 Å². The van der Waals surface area contributed by atoms with Crippen LogP contribution in [-0.2, 0) is 4.74 Å². The van der Waals surface area contributed by atoms with Crippen molar-refractivity contribution < 1.29 is 4.74 Å². The van der Waals surface area contributed by atoms with Gasteiger partial charge in [-0.3, -0.25) is 0 Å². The number of benzene rings is 1. The molecular weight excluding hydrogens is 164 g/mol. The number of ether oxygens (including phenoxy) is 1. The van der Waals surface area contributed by atoms with Gasteiger partial charge >= 0.3 is 0 Å². The topological polar surface area (TPSA) is 47.3 Å². The Morgan fingerprint density at radius 1 is 1.31 bits per heavy atom. The van der Waals surface area contributed by atoms with Crippen molar-refractivity contribution in [3.05, 3.63) is 29.8 Å². The summed E-state index contributed by atoms with van der Waals surface area (Å²) in [6, 6.07) is 8.26. The maximum atomic E-state index is 5.60. The largest absolute Gasteiger partial charge is 0.399 e. The van der Waals surface area contributed by atoms with Gasteiger partial charge in [0.25, 0.3) is 0 Å². The van der Waals surface area contributed by atoms with Crippen LogP contribution in [-0.4, -0.2) is 19.8 Å². The van der Waals surface area contributed by atoms with Crippen LogP contribution in [0.2, 0.25) is 0 Å². The van der Waals surface area contributed by atoms with Crippen LogP contribution < -0.4 is 11.1 Å². The maximum absolute atomic E-state index is 5.60. The zero-order chi connectivity index (χ0) is 9.10. The normalized spacial score (nSPS) is 22.9. The van der Waals surface area contributed by atoms with Crippen molar-refractivity contribution in [1.82, 2.24) is 5.32 Å². The summed E-state index contributed by atoms with van der Waals surface area (Å²) in [5.74, 6) is 0. The highest BCUT2D eigenvalue weighted by Gasteiger charge is 2.14. The first-order valence-electron chi connectivity index (χ1n) is 4.53. The highest BCUT2D eigenvalue weighted by atomic mass is 16.5. The van der Waals surface area contributed by atoms with E-state index in [-0.39, 0.29) is 0 Å². The van der Waals surface area contributed by atoms with Crippen LogP contribution in [0.1, 0.15) is 11.6 Å². The third-order valence-corrected chi connectivity index (χ3v) is 2.26. The summed E-state index contributed by atoms with van der Waals surface area (Å²) in [4.78, 5) is 0. The van der Waals surface area contributed by atoms with Crippen molar-refractivity contribution in [2.24, 2.45) is 0 Å². The van der Waals surface area contributed by atoms with Crippen molar-refractivity contribution in [2.75, 3.05) is 25.5 Å². The quantitative estimate of drug-likeness (QED) is 0.629. The molecular formula is C10H14N2O. The van der Waals surface area contributed by atoms with Gasteiger partial charge in [0.2, 0.25) is 0 Å². The van der Waals surface area contributed by atoms with Gasteiger partial charge < -0.3 is 15.8 Å². The summed E-state index contributed by atoms with van der Waals surface area (Å²) >= 11 is 0. The Kier molecular flexibility index (Phi) is 2.47. The monoisotopic (exact) mass is 178 g/mol. The summed E-state index contributed by atoms with van der Waals surface area (Å²) in [6.07, 6.45) is 0. The molecule has 70 valence electrons. The zero-order valence-corrected chi connectivity index (χ0v) is 7.49. The van der Waals surface area contributed by atoms with Gasteiger partial charge in [-0.25, -0.2) is 0 Å². The number of nitrogens with one attached hydrogen (secondary N) is 1. The van der Waals surface area contributed by atoms with Crippen LogP contribution in [0.4, 0.5) is 5.69 Å². The molecule has 0 spiro atoms. The molecule has 3 nitrogen and oxygen atoms in total. The second kappa shape index (κ2) is 3.77. The molecule has 1 fully saturated rings. The van der Waals surface area contributed by atoms with Gasteiger partial charge in [0, 0.05) is 12.2 Å². The predicted octanol–water partition coefficient (Wildman–Crippen LogP) is 0.930. The molecule has 1 saturated heterocycles. The Labute approximate surface area is 77.9 Å². The average Bonchev–Trinajstić information content (AvgIpc) is 2.20. The molecule has 0 radical (unpaired) electrons. The average molecular weight is 178 g/mol. The maximum Gasteiger partial charge on any atom is 0.0662 e. The number of anilines is 1. The molecule has 3 N–H and O–H groups in total. The Balaban J connectivity index is 2.10. The summed E-state index contributed by atoms with van der Waals surface area (Å²) in [7, 11) is 0. The molecule has 1 atom stereocenters. The van der Waals surface area contributed by atoms with Crippen LogP contribution in [0.25, 0.3) is 0 Å². The molecule has 0 amide bonds. The second-order valence-corrected chi connectivity index (χ2v) is 3.25. The van der Waals surface area contributed by atoms with E-state index < -0.39 is 0 Å². The minimum atomic E-state index is 0.328. The molecule has 13 heavy (non-hydrogen) atoms. The van der Waals surface area contributed by atoms with E-state index in [1.54, 1.807) is 0 Å². The lowest BCUT2D eigenvalue weighted by Gasteiger charge is -2.24. The SMILES string of the molecule is Nc1ccc([C@H]2COCCN2)cc1. The van der Waals surface area contributed by atoms with Crippen molar-refractivity contribution >= 4 is 5.69 Å². The van der Waals surface area contributed by atoms with Gasteiger partial charge in [0.05, 0.1) is 19.3 Å². The lowest BCUT2D eigenvalue weighted by Crippen LogP contribution is -2.34. The fourth-order valence-electron chi connectivity index (χ4n) is 1.51. The first-order valence-corrected chi connectivity index (χ1v) is 4.53. The summed E-state index contributed by atoms with van der Waals surface area (Å²) in [6.45, 7) is 2.49. The van der Waals surface area contributed by atoms with Crippen molar-refractivity contribution in [3.63, 3.8) is 0 Å². The van der Waals surface area contributed by atoms with E-state index >= 15 is 0 Å². The van der Waals surface area contributed by atoms with Gasteiger partial charge in [-0.1, -0.05) is 12.1 Å². The van der Waals surface area contributed by atoms with E-state index in [4.69, 9.17) is 10.5 Å². The Morgan fingerprint density at radius 3 is 2.69 bits per heavy atom.